The van der Waals surface area contributed by atoms with Crippen molar-refractivity contribution in [3.8, 4) is 0 Å². The zero-order chi connectivity index (χ0) is 46.8. The number of hydrogen-bond donors (Lipinski definition) is 3. The lowest BCUT2D eigenvalue weighted by molar-refractivity contribution is -0.181. The molecule has 2 saturated carbocycles. The van der Waals surface area contributed by atoms with Gasteiger partial charge in [-0.25, -0.2) is 24.9 Å². The number of para-hydroxylation sites is 2. The Morgan fingerprint density at radius 3 is 1.83 bits per heavy atom. The Kier molecular flexibility index (Phi) is 14.0. The average Bonchev–Trinajstić information content (AvgIpc) is 4.02. The van der Waals surface area contributed by atoms with E-state index in [1.54, 1.807) is 32.0 Å². The van der Waals surface area contributed by atoms with E-state index >= 15 is 0 Å². The first-order valence-electron chi connectivity index (χ1n) is 22.5. The van der Waals surface area contributed by atoms with Crippen molar-refractivity contribution in [2.75, 3.05) is 42.1 Å². The number of amides is 2. The summed E-state index contributed by atoms with van der Waals surface area (Å²) in [6.45, 7) is 15.8. The van der Waals surface area contributed by atoms with Crippen LogP contribution in [0.2, 0.25) is 10.6 Å². The third kappa shape index (κ3) is 10.7. The fourth-order valence-electron chi connectivity index (χ4n) is 9.14. The van der Waals surface area contributed by atoms with Crippen LogP contribution in [-0.2, 0) is 23.7 Å². The smallest absolute Gasteiger partial charge is 0.426 e. The Morgan fingerprint density at radius 2 is 1.27 bits per heavy atom. The summed E-state index contributed by atoms with van der Waals surface area (Å²) in [4.78, 5) is 43.5. The number of halogens is 2. The average molecular weight is 946 g/mol. The molecule has 0 unspecified atom stereocenters. The normalized spacial score (nSPS) is 19.1. The van der Waals surface area contributed by atoms with Crippen molar-refractivity contribution >= 4 is 69.2 Å². The maximum atomic E-state index is 13.5. The maximum Gasteiger partial charge on any atom is 0.426 e. The molecule has 4 aliphatic rings. The van der Waals surface area contributed by atoms with Gasteiger partial charge in [0.05, 0.1) is 43.9 Å². The molecular formula is C47H58Cl2N10O7. The molecule has 0 radical (unpaired) electrons. The molecule has 5 heterocycles. The summed E-state index contributed by atoms with van der Waals surface area (Å²) in [6.07, 6.45) is 8.50. The molecule has 352 valence electrons. The summed E-state index contributed by atoms with van der Waals surface area (Å²) in [6, 6.07) is 12.0. The van der Waals surface area contributed by atoms with Crippen LogP contribution in [0, 0.1) is 27.7 Å². The van der Waals surface area contributed by atoms with Crippen molar-refractivity contribution < 1.29 is 33.3 Å². The van der Waals surface area contributed by atoms with Crippen LogP contribution >= 0.6 is 23.2 Å². The Morgan fingerprint density at radius 1 is 0.758 bits per heavy atom. The van der Waals surface area contributed by atoms with Crippen molar-refractivity contribution in [1.82, 2.24) is 35.1 Å². The van der Waals surface area contributed by atoms with Gasteiger partial charge >= 0.3 is 6.09 Å². The SMILES string of the molecule is Cc1cccc(C)c1NC(=O)c1cnc(Cl)nc1N(NC(=O)OC(C)(C)C)C1CCC2(CC1)OCCO2.Cc1cccc(C)c1Nc1nn(C2CCC3(CC2)OCCO3)c2nc(Cl)ncc12. The van der Waals surface area contributed by atoms with Crippen LogP contribution in [0.4, 0.5) is 27.8 Å². The number of nitrogens with one attached hydrogen (secondary N) is 3. The molecule has 5 aromatic rings. The first kappa shape index (κ1) is 47.3. The molecule has 2 amide bonds. The number of nitrogens with zero attached hydrogens (tertiary/aromatic N) is 7. The molecule has 2 saturated heterocycles. The molecule has 19 heteroatoms. The fourth-order valence-corrected chi connectivity index (χ4v) is 9.40. The van der Waals surface area contributed by atoms with Gasteiger partial charge in [0.25, 0.3) is 5.91 Å². The summed E-state index contributed by atoms with van der Waals surface area (Å²) in [5, 5.41) is 14.0. The maximum absolute atomic E-state index is 13.5. The Hall–Kier alpha value is -5.17. The van der Waals surface area contributed by atoms with Crippen molar-refractivity contribution in [2.24, 2.45) is 0 Å². The zero-order valence-corrected chi connectivity index (χ0v) is 40.0. The first-order chi connectivity index (χ1) is 31.5. The quantitative estimate of drug-likeness (QED) is 0.0985. The summed E-state index contributed by atoms with van der Waals surface area (Å²) < 4.78 is 31.0. The highest BCUT2D eigenvalue weighted by Gasteiger charge is 2.44. The number of benzene rings is 2. The molecule has 3 aromatic heterocycles. The minimum absolute atomic E-state index is 0.0515. The lowest BCUT2D eigenvalue weighted by Crippen LogP contribution is -2.54. The van der Waals surface area contributed by atoms with Gasteiger partial charge in [0, 0.05) is 49.5 Å². The summed E-state index contributed by atoms with van der Waals surface area (Å²) in [7, 11) is 0. The van der Waals surface area contributed by atoms with E-state index in [-0.39, 0.29) is 34.0 Å². The molecular weight excluding hydrogens is 887 g/mol. The summed E-state index contributed by atoms with van der Waals surface area (Å²) in [5.74, 6) is -0.480. The highest BCUT2D eigenvalue weighted by atomic mass is 35.5. The van der Waals surface area contributed by atoms with Crippen LogP contribution in [0.3, 0.4) is 0 Å². The van der Waals surface area contributed by atoms with Gasteiger partial charge in [-0.15, -0.1) is 0 Å². The molecule has 3 N–H and O–H groups in total. The Balaban J connectivity index is 0.000000184. The predicted molar refractivity (Wildman–Crippen MR) is 251 cm³/mol. The summed E-state index contributed by atoms with van der Waals surface area (Å²) in [5.41, 5.74) is 8.94. The largest absolute Gasteiger partial charge is 0.443 e. The van der Waals surface area contributed by atoms with Gasteiger partial charge in [-0.1, -0.05) is 36.4 Å². The molecule has 2 spiro atoms. The number of fused-ring (bicyclic) bond motifs is 1. The zero-order valence-electron chi connectivity index (χ0n) is 38.5. The number of aryl methyl sites for hydroxylation is 4. The highest BCUT2D eigenvalue weighted by molar-refractivity contribution is 6.28. The second-order valence-corrected chi connectivity index (χ2v) is 19.0. The molecule has 0 atom stereocenters. The van der Waals surface area contributed by atoms with E-state index < -0.39 is 29.2 Å². The van der Waals surface area contributed by atoms with E-state index in [0.29, 0.717) is 57.8 Å². The van der Waals surface area contributed by atoms with E-state index in [9.17, 15) is 9.59 Å². The molecule has 9 rings (SSSR count). The molecule has 17 nitrogen and oxygen atoms in total. The standard InChI is InChI=1S/C26H34ClN5O5.C21H24ClN5O2/c1-16-7-6-8-17(2)20(16)29-22(33)19-15-28-23(27)30-21(19)32(31-24(34)37-25(3,4)5)18-9-11-26(12-10-18)35-13-14-36-26;1-13-4-3-5-14(2)17(13)24-18-16-12-23-20(22)25-19(16)27(26-18)15-6-8-21(9-7-15)28-10-11-29-21/h6-8,15,18H,9-14H2,1-5H3,(H,29,33)(H,31,34);3-5,12,15H,6-11H2,1-2H3,(H,24,26). The first-order valence-corrected chi connectivity index (χ1v) is 23.3. The van der Waals surface area contributed by atoms with E-state index in [0.717, 1.165) is 70.5 Å². The molecule has 66 heavy (non-hydrogen) atoms. The fraction of sp³-hybridized carbons (Fsp3) is 0.511. The molecule has 0 bridgehead atoms. The third-order valence-corrected chi connectivity index (χ3v) is 12.8. The number of hydrogen-bond acceptors (Lipinski definition) is 14. The van der Waals surface area contributed by atoms with Crippen molar-refractivity contribution in [3.05, 3.63) is 87.2 Å². The lowest BCUT2D eigenvalue weighted by Gasteiger charge is -2.41. The van der Waals surface area contributed by atoms with Crippen LogP contribution < -0.4 is 21.1 Å². The minimum Gasteiger partial charge on any atom is -0.443 e. The van der Waals surface area contributed by atoms with E-state index in [1.807, 2.05) is 36.7 Å². The van der Waals surface area contributed by atoms with Crippen LogP contribution in [0.15, 0.2) is 48.8 Å². The van der Waals surface area contributed by atoms with Gasteiger partial charge < -0.3 is 34.3 Å². The predicted octanol–water partition coefficient (Wildman–Crippen LogP) is 9.63. The molecule has 4 fully saturated rings. The van der Waals surface area contributed by atoms with Gasteiger partial charge in [0.1, 0.15) is 11.2 Å². The number of carbonyl (C=O) groups excluding carboxylic acids is 2. The van der Waals surface area contributed by atoms with E-state index in [1.165, 1.54) is 6.20 Å². The number of carbonyl (C=O) groups is 2. The van der Waals surface area contributed by atoms with Crippen LogP contribution in [0.1, 0.15) is 111 Å². The van der Waals surface area contributed by atoms with E-state index in [4.69, 9.17) is 52.0 Å². The number of aromatic nitrogens is 6. The van der Waals surface area contributed by atoms with Gasteiger partial charge in [0.2, 0.25) is 10.6 Å². The van der Waals surface area contributed by atoms with Gasteiger partial charge in [0.15, 0.2) is 28.9 Å². The molecule has 2 aromatic carbocycles. The van der Waals surface area contributed by atoms with Gasteiger partial charge in [-0.2, -0.15) is 15.1 Å². The second kappa shape index (κ2) is 19.6. The lowest BCUT2D eigenvalue weighted by atomic mass is 9.89. The van der Waals surface area contributed by atoms with Crippen molar-refractivity contribution in [1.29, 1.82) is 0 Å². The van der Waals surface area contributed by atoms with Crippen LogP contribution in [0.5, 0.6) is 0 Å². The van der Waals surface area contributed by atoms with Crippen LogP contribution in [-0.4, -0.2) is 91.4 Å². The Labute approximate surface area is 394 Å². The highest BCUT2D eigenvalue weighted by Crippen LogP contribution is 2.42. The van der Waals surface area contributed by atoms with Crippen LogP contribution in [0.25, 0.3) is 11.0 Å². The number of ether oxygens (including phenoxy) is 5. The topological polar surface area (TPSA) is 189 Å². The monoisotopic (exact) mass is 944 g/mol. The van der Waals surface area contributed by atoms with Crippen molar-refractivity contribution in [2.45, 2.75) is 129 Å². The number of rotatable bonds is 8. The summed E-state index contributed by atoms with van der Waals surface area (Å²) >= 11 is 12.3. The van der Waals surface area contributed by atoms with Gasteiger partial charge in [-0.3, -0.25) is 9.80 Å². The van der Waals surface area contributed by atoms with Gasteiger partial charge in [-0.05, 0) is 120 Å². The molecule has 2 aliphatic carbocycles. The third-order valence-electron chi connectivity index (χ3n) is 12.5. The van der Waals surface area contributed by atoms with Crippen molar-refractivity contribution in [3.63, 3.8) is 0 Å². The second-order valence-electron chi connectivity index (χ2n) is 18.3. The number of hydrazine groups is 1. The number of anilines is 4. The minimum atomic E-state index is -0.718. The Bertz CT molecular complexity index is 2510. The van der Waals surface area contributed by atoms with E-state index in [2.05, 4.69) is 68.0 Å². The molecule has 2 aliphatic heterocycles.